The number of cyclic esters (lactones) is 1. The summed E-state index contributed by atoms with van der Waals surface area (Å²) in [5.74, 6) is -1.38. The first kappa shape index (κ1) is 19.5. The van der Waals surface area contributed by atoms with Crippen LogP contribution in [0.15, 0.2) is 18.2 Å². The summed E-state index contributed by atoms with van der Waals surface area (Å²) in [5, 5.41) is 2.30. The molecule has 0 unspecified atom stereocenters. The Labute approximate surface area is 155 Å². The van der Waals surface area contributed by atoms with Crippen molar-refractivity contribution in [1.29, 1.82) is 0 Å². The molecule has 10 heteroatoms. The van der Waals surface area contributed by atoms with Crippen LogP contribution in [0.4, 0.5) is 19.3 Å². The molecule has 1 aromatic carbocycles. The van der Waals surface area contributed by atoms with Gasteiger partial charge >= 0.3 is 6.09 Å². The Kier molecular flexibility index (Phi) is 5.64. The van der Waals surface area contributed by atoms with E-state index < -0.39 is 40.4 Å². The summed E-state index contributed by atoms with van der Waals surface area (Å²) in [6.07, 6.45) is -0.578. The molecule has 0 bridgehead atoms. The van der Waals surface area contributed by atoms with Crippen molar-refractivity contribution >= 4 is 27.5 Å². The lowest BCUT2D eigenvalue weighted by Crippen LogP contribution is -2.35. The van der Waals surface area contributed by atoms with Crippen molar-refractivity contribution < 1.29 is 31.5 Å². The number of ether oxygens (including phenoxy) is 1. The summed E-state index contributed by atoms with van der Waals surface area (Å²) in [5.41, 5.74) is 0.747. The summed E-state index contributed by atoms with van der Waals surface area (Å²) in [7, 11) is -3.03. The smallest absolute Gasteiger partial charge is 0.414 e. The molecule has 27 heavy (non-hydrogen) atoms. The van der Waals surface area contributed by atoms with Crippen LogP contribution in [0.25, 0.3) is 0 Å². The Morgan fingerprint density at radius 1 is 1.30 bits per heavy atom. The van der Waals surface area contributed by atoms with Gasteiger partial charge in [-0.1, -0.05) is 6.07 Å². The lowest BCUT2D eigenvalue weighted by Gasteiger charge is -2.23. The topological polar surface area (TPSA) is 92.8 Å². The molecular formula is C17H20F2N2O5S. The molecule has 2 amide bonds. The number of hydrogen-bond acceptors (Lipinski definition) is 5. The second kappa shape index (κ2) is 7.79. The van der Waals surface area contributed by atoms with E-state index in [2.05, 4.69) is 5.32 Å². The Balaban J connectivity index is 1.67. The number of nitrogens with one attached hydrogen (secondary N) is 1. The molecule has 3 rings (SSSR count). The lowest BCUT2D eigenvalue weighted by atomic mass is 9.93. The van der Waals surface area contributed by atoms with Crippen molar-refractivity contribution in [2.75, 3.05) is 36.2 Å². The van der Waals surface area contributed by atoms with Crippen molar-refractivity contribution in [2.24, 2.45) is 0 Å². The van der Waals surface area contributed by atoms with Gasteiger partial charge < -0.3 is 10.1 Å². The summed E-state index contributed by atoms with van der Waals surface area (Å²) in [6.45, 7) is -1.08. The van der Waals surface area contributed by atoms with E-state index in [4.69, 9.17) is 4.74 Å². The first-order valence-corrected chi connectivity index (χ1v) is 10.4. The van der Waals surface area contributed by atoms with Gasteiger partial charge in [0.05, 0.1) is 30.3 Å². The number of sulfone groups is 1. The highest BCUT2D eigenvalue weighted by atomic mass is 32.2. The molecule has 148 valence electrons. The van der Waals surface area contributed by atoms with Crippen molar-refractivity contribution in [3.05, 3.63) is 29.6 Å². The van der Waals surface area contributed by atoms with Crippen LogP contribution in [0.2, 0.25) is 0 Å². The van der Waals surface area contributed by atoms with Gasteiger partial charge in [-0.25, -0.2) is 22.0 Å². The second-order valence-corrected chi connectivity index (χ2v) is 8.99. The number of hydrogen-bond donors (Lipinski definition) is 1. The van der Waals surface area contributed by atoms with Gasteiger partial charge in [0.2, 0.25) is 0 Å². The van der Waals surface area contributed by atoms with Crippen LogP contribution in [-0.4, -0.2) is 57.8 Å². The van der Waals surface area contributed by atoms with E-state index in [1.54, 1.807) is 12.1 Å². The van der Waals surface area contributed by atoms with Crippen molar-refractivity contribution in [2.45, 2.75) is 24.9 Å². The molecule has 1 aromatic rings. The summed E-state index contributed by atoms with van der Waals surface area (Å²) in [6, 6.07) is 4.38. The van der Waals surface area contributed by atoms with E-state index in [0.717, 1.165) is 0 Å². The molecule has 0 aliphatic carbocycles. The van der Waals surface area contributed by atoms with Crippen LogP contribution in [0.3, 0.4) is 0 Å². The zero-order valence-corrected chi connectivity index (χ0v) is 15.3. The van der Waals surface area contributed by atoms with Crippen molar-refractivity contribution in [1.82, 2.24) is 5.32 Å². The zero-order valence-electron chi connectivity index (χ0n) is 14.5. The quantitative estimate of drug-likeness (QED) is 0.806. The molecule has 0 radical (unpaired) electrons. The van der Waals surface area contributed by atoms with Gasteiger partial charge in [-0.3, -0.25) is 9.69 Å². The van der Waals surface area contributed by atoms with Crippen LogP contribution >= 0.6 is 0 Å². The van der Waals surface area contributed by atoms with Crippen LogP contribution in [0.1, 0.15) is 24.3 Å². The van der Waals surface area contributed by atoms with Crippen LogP contribution in [-0.2, 0) is 19.4 Å². The van der Waals surface area contributed by atoms with E-state index in [9.17, 15) is 26.8 Å². The maximum absolute atomic E-state index is 14.6. The SMILES string of the molecule is O=C(CF)NC[C@H]1CN(c2ccc(C3CCS(=O)(=O)CC3)c(F)c2)C(=O)O1. The number of benzene rings is 1. The minimum Gasteiger partial charge on any atom is -0.442 e. The fourth-order valence-electron chi connectivity index (χ4n) is 3.33. The van der Waals surface area contributed by atoms with Crippen LogP contribution < -0.4 is 10.2 Å². The van der Waals surface area contributed by atoms with Gasteiger partial charge in [0, 0.05) is 0 Å². The van der Waals surface area contributed by atoms with Gasteiger partial charge in [-0.2, -0.15) is 0 Å². The normalized spacial score (nSPS) is 22.5. The maximum Gasteiger partial charge on any atom is 0.414 e. The molecule has 0 saturated carbocycles. The molecule has 2 aliphatic rings. The molecule has 2 fully saturated rings. The van der Waals surface area contributed by atoms with Gasteiger partial charge in [0.25, 0.3) is 5.91 Å². The monoisotopic (exact) mass is 402 g/mol. The Morgan fingerprint density at radius 3 is 2.63 bits per heavy atom. The summed E-state index contributed by atoms with van der Waals surface area (Å²) >= 11 is 0. The molecular weight excluding hydrogens is 382 g/mol. The van der Waals surface area contributed by atoms with Crippen molar-refractivity contribution in [3.8, 4) is 0 Å². The largest absolute Gasteiger partial charge is 0.442 e. The fourth-order valence-corrected chi connectivity index (χ4v) is 4.82. The second-order valence-electron chi connectivity index (χ2n) is 6.69. The van der Waals surface area contributed by atoms with E-state index in [0.29, 0.717) is 24.1 Å². The number of amides is 2. The predicted octanol–water partition coefficient (Wildman–Crippen LogP) is 1.53. The van der Waals surface area contributed by atoms with Crippen LogP contribution in [0.5, 0.6) is 0 Å². The number of alkyl halides is 1. The zero-order chi connectivity index (χ0) is 19.6. The molecule has 2 saturated heterocycles. The minimum absolute atomic E-state index is 0.0257. The number of anilines is 1. The van der Waals surface area contributed by atoms with Crippen LogP contribution in [0, 0.1) is 5.82 Å². The van der Waals surface area contributed by atoms with E-state index in [1.165, 1.54) is 11.0 Å². The minimum atomic E-state index is -3.03. The highest BCUT2D eigenvalue weighted by Gasteiger charge is 2.33. The Hall–Kier alpha value is -2.23. The lowest BCUT2D eigenvalue weighted by molar-refractivity contribution is -0.122. The number of rotatable bonds is 5. The number of carbonyl (C=O) groups is 2. The van der Waals surface area contributed by atoms with E-state index in [1.807, 2.05) is 0 Å². The fraction of sp³-hybridized carbons (Fsp3) is 0.529. The van der Waals surface area contributed by atoms with Crippen molar-refractivity contribution in [3.63, 3.8) is 0 Å². The molecule has 2 heterocycles. The average Bonchev–Trinajstić information content (AvgIpc) is 3.01. The van der Waals surface area contributed by atoms with E-state index in [-0.39, 0.29) is 30.5 Å². The third-order valence-electron chi connectivity index (χ3n) is 4.81. The number of halogens is 2. The van der Waals surface area contributed by atoms with Gasteiger partial charge in [-0.05, 0) is 36.5 Å². The van der Waals surface area contributed by atoms with Gasteiger partial charge in [0.1, 0.15) is 21.8 Å². The summed E-state index contributed by atoms with van der Waals surface area (Å²) < 4.78 is 54.9. The van der Waals surface area contributed by atoms with Gasteiger partial charge in [0.15, 0.2) is 6.67 Å². The molecule has 2 aliphatic heterocycles. The van der Waals surface area contributed by atoms with E-state index >= 15 is 0 Å². The Morgan fingerprint density at radius 2 is 2.00 bits per heavy atom. The Bertz CT molecular complexity index is 832. The first-order valence-electron chi connectivity index (χ1n) is 8.60. The highest BCUT2D eigenvalue weighted by Crippen LogP contribution is 2.33. The highest BCUT2D eigenvalue weighted by molar-refractivity contribution is 7.91. The summed E-state index contributed by atoms with van der Waals surface area (Å²) in [4.78, 5) is 24.2. The maximum atomic E-state index is 14.6. The molecule has 0 spiro atoms. The third kappa shape index (κ3) is 4.55. The standard InChI is InChI=1S/C17H20F2N2O5S/c18-8-16(22)20-9-13-10-21(17(23)26-13)12-1-2-14(15(19)7-12)11-3-5-27(24,25)6-4-11/h1-2,7,11,13H,3-6,8-10H2,(H,20,22)/t13-/m0/s1. The number of nitrogens with zero attached hydrogens (tertiary/aromatic N) is 1. The molecule has 0 aromatic heterocycles. The van der Waals surface area contributed by atoms with Gasteiger partial charge in [-0.15, -0.1) is 0 Å². The third-order valence-corrected chi connectivity index (χ3v) is 6.53. The predicted molar refractivity (Wildman–Crippen MR) is 93.6 cm³/mol. The molecule has 1 atom stereocenters. The average molecular weight is 402 g/mol. The first-order chi connectivity index (χ1) is 12.8. The number of carbonyl (C=O) groups excluding carboxylic acids is 2. The molecule has 1 N–H and O–H groups in total. The molecule has 7 nitrogen and oxygen atoms in total.